The quantitative estimate of drug-likeness (QED) is 0.253. The number of carboxylic acids is 4. The monoisotopic (exact) mass is 502 g/mol. The Bertz CT molecular complexity index is 714. The molecule has 0 radical (unpaired) electrons. The minimum atomic E-state index is -1.10. The molecule has 0 aromatic carbocycles. The summed E-state index contributed by atoms with van der Waals surface area (Å²) in [6.07, 6.45) is 0.184. The molecule has 1 aliphatic rings. The van der Waals surface area contributed by atoms with Crippen molar-refractivity contribution in [2.75, 3.05) is 72.0 Å². The number of carbonyl (C=O) groups excluding carboxylic acids is 1. The van der Waals surface area contributed by atoms with Crippen LogP contribution in [-0.2, 0) is 24.0 Å². The minimum Gasteiger partial charge on any atom is -0.480 e. The predicted octanol–water partition coefficient (Wildman–Crippen LogP) is -1.08. The molecule has 0 aliphatic carbocycles. The molecule has 1 rings (SSSR count). The Morgan fingerprint density at radius 1 is 0.629 bits per heavy atom. The van der Waals surface area contributed by atoms with E-state index < -0.39 is 29.9 Å². The standard InChI is InChI=1S/C22H38N4O9/c1-16(2)18(27)4-3-17(22(34)35)26-11-9-24(14-20(30)31)7-5-23(13-19(28)29)6-8-25(10-12-26)15-21(32)33/h16-17H,3-15H2,1-2H3,(H,28,29)(H,30,31)(H,32,33)(H,34,35). The van der Waals surface area contributed by atoms with Crippen molar-refractivity contribution in [1.29, 1.82) is 0 Å². The number of ketones is 1. The van der Waals surface area contributed by atoms with Gasteiger partial charge in [-0.2, -0.15) is 0 Å². The highest BCUT2D eigenvalue weighted by Crippen LogP contribution is 2.13. The van der Waals surface area contributed by atoms with Crippen molar-refractivity contribution in [1.82, 2.24) is 19.6 Å². The summed E-state index contributed by atoms with van der Waals surface area (Å²) in [6.45, 7) is 4.47. The number of carbonyl (C=O) groups is 5. The lowest BCUT2D eigenvalue weighted by molar-refractivity contribution is -0.145. The largest absolute Gasteiger partial charge is 0.480 e. The predicted molar refractivity (Wildman–Crippen MR) is 124 cm³/mol. The zero-order valence-electron chi connectivity index (χ0n) is 20.5. The third kappa shape index (κ3) is 12.6. The fourth-order valence-corrected chi connectivity index (χ4v) is 3.94. The average molecular weight is 503 g/mol. The van der Waals surface area contributed by atoms with Crippen molar-refractivity contribution in [3.05, 3.63) is 0 Å². The molecule has 1 fully saturated rings. The summed E-state index contributed by atoms with van der Waals surface area (Å²) in [6, 6.07) is -0.984. The van der Waals surface area contributed by atoms with Crippen molar-refractivity contribution in [2.24, 2.45) is 5.92 Å². The summed E-state index contributed by atoms with van der Waals surface area (Å²) >= 11 is 0. The molecule has 0 amide bonds. The highest BCUT2D eigenvalue weighted by atomic mass is 16.4. The smallest absolute Gasteiger partial charge is 0.320 e. The number of hydrogen-bond donors (Lipinski definition) is 4. The average Bonchev–Trinajstić information content (AvgIpc) is 2.73. The van der Waals surface area contributed by atoms with Crippen LogP contribution in [0.25, 0.3) is 0 Å². The van der Waals surface area contributed by atoms with Crippen LogP contribution in [0.3, 0.4) is 0 Å². The lowest BCUT2D eigenvalue weighted by Crippen LogP contribution is -2.51. The van der Waals surface area contributed by atoms with Gasteiger partial charge in [0, 0.05) is 64.7 Å². The van der Waals surface area contributed by atoms with Crippen molar-refractivity contribution in [3.63, 3.8) is 0 Å². The molecule has 0 aromatic rings. The number of carboxylic acid groups (broad SMARTS) is 4. The van der Waals surface area contributed by atoms with Gasteiger partial charge in [-0.15, -0.1) is 0 Å². The van der Waals surface area contributed by atoms with Gasteiger partial charge in [-0.25, -0.2) is 0 Å². The van der Waals surface area contributed by atoms with E-state index in [0.717, 1.165) is 0 Å². The molecule has 1 unspecified atom stereocenters. The van der Waals surface area contributed by atoms with E-state index in [4.69, 9.17) is 0 Å². The second-order valence-electron chi connectivity index (χ2n) is 9.06. The third-order valence-electron chi connectivity index (χ3n) is 5.98. The summed E-state index contributed by atoms with van der Waals surface area (Å²) in [7, 11) is 0. The van der Waals surface area contributed by atoms with Gasteiger partial charge in [0.2, 0.25) is 0 Å². The maximum absolute atomic E-state index is 12.1. The Balaban J connectivity index is 3.13. The molecular formula is C22H38N4O9. The van der Waals surface area contributed by atoms with Gasteiger partial charge in [0.25, 0.3) is 0 Å². The molecule has 0 aromatic heterocycles. The molecule has 200 valence electrons. The number of hydrogen-bond acceptors (Lipinski definition) is 9. The molecule has 13 nitrogen and oxygen atoms in total. The van der Waals surface area contributed by atoms with E-state index in [2.05, 4.69) is 0 Å². The highest BCUT2D eigenvalue weighted by Gasteiger charge is 2.28. The zero-order valence-corrected chi connectivity index (χ0v) is 20.5. The summed E-state index contributed by atoms with van der Waals surface area (Å²) in [4.78, 5) is 64.7. The fourth-order valence-electron chi connectivity index (χ4n) is 3.94. The molecule has 0 saturated carbocycles. The first-order valence-corrected chi connectivity index (χ1v) is 11.7. The molecule has 1 atom stereocenters. The van der Waals surface area contributed by atoms with Gasteiger partial charge in [0.15, 0.2) is 0 Å². The van der Waals surface area contributed by atoms with Crippen molar-refractivity contribution in [3.8, 4) is 0 Å². The Morgan fingerprint density at radius 3 is 1.26 bits per heavy atom. The summed E-state index contributed by atoms with van der Waals surface area (Å²) in [5.74, 6) is -4.53. The van der Waals surface area contributed by atoms with Gasteiger partial charge in [-0.1, -0.05) is 13.8 Å². The lowest BCUT2D eigenvalue weighted by atomic mass is 10.0. The van der Waals surface area contributed by atoms with E-state index in [9.17, 15) is 44.4 Å². The molecule has 13 heteroatoms. The number of Topliss-reactive ketones (excluding diaryl/α,β-unsaturated/α-hetero) is 1. The summed E-state index contributed by atoms with van der Waals surface area (Å²) < 4.78 is 0. The highest BCUT2D eigenvalue weighted by molar-refractivity contribution is 5.81. The Hall–Kier alpha value is -2.61. The normalized spacial score (nSPS) is 18.9. The van der Waals surface area contributed by atoms with Crippen LogP contribution in [0.5, 0.6) is 0 Å². The van der Waals surface area contributed by atoms with Gasteiger partial charge in [-0.05, 0) is 6.42 Å². The lowest BCUT2D eigenvalue weighted by Gasteiger charge is -2.35. The van der Waals surface area contributed by atoms with Gasteiger partial charge in [-0.3, -0.25) is 43.6 Å². The Kier molecular flexibility index (Phi) is 13.4. The Labute approximate surface area is 204 Å². The second kappa shape index (κ2) is 15.4. The first kappa shape index (κ1) is 30.4. The molecule has 1 aliphatic heterocycles. The van der Waals surface area contributed by atoms with Crippen LogP contribution >= 0.6 is 0 Å². The van der Waals surface area contributed by atoms with Gasteiger partial charge in [0.05, 0.1) is 19.6 Å². The minimum absolute atomic E-state index is 0.0517. The third-order valence-corrected chi connectivity index (χ3v) is 5.98. The van der Waals surface area contributed by atoms with Crippen LogP contribution in [0.1, 0.15) is 26.7 Å². The van der Waals surface area contributed by atoms with Crippen molar-refractivity contribution in [2.45, 2.75) is 32.7 Å². The van der Waals surface area contributed by atoms with E-state index in [1.54, 1.807) is 33.4 Å². The van der Waals surface area contributed by atoms with Crippen LogP contribution in [0.2, 0.25) is 0 Å². The fraction of sp³-hybridized carbons (Fsp3) is 0.773. The van der Waals surface area contributed by atoms with Crippen molar-refractivity contribution < 1.29 is 44.4 Å². The van der Waals surface area contributed by atoms with E-state index in [1.165, 1.54) is 0 Å². The number of nitrogens with zero attached hydrogens (tertiary/aromatic N) is 4. The molecule has 0 spiro atoms. The van der Waals surface area contributed by atoms with E-state index in [-0.39, 0.29) is 96.5 Å². The Morgan fingerprint density at radius 2 is 0.971 bits per heavy atom. The first-order valence-electron chi connectivity index (χ1n) is 11.7. The molecule has 1 saturated heterocycles. The SMILES string of the molecule is CC(C)C(=O)CCC(C(=O)O)N1CCN(CC(=O)O)CCN(CC(=O)O)CCN(CC(=O)O)CC1. The first-order chi connectivity index (χ1) is 16.4. The zero-order chi connectivity index (χ0) is 26.5. The van der Waals surface area contributed by atoms with Gasteiger partial charge in [0.1, 0.15) is 11.8 Å². The number of aliphatic carboxylic acids is 4. The topological polar surface area (TPSA) is 179 Å². The van der Waals surface area contributed by atoms with Crippen LogP contribution in [0, 0.1) is 5.92 Å². The molecule has 4 N–H and O–H groups in total. The van der Waals surface area contributed by atoms with Crippen LogP contribution < -0.4 is 0 Å². The van der Waals surface area contributed by atoms with Crippen molar-refractivity contribution >= 4 is 29.7 Å². The van der Waals surface area contributed by atoms with Crippen LogP contribution in [0.15, 0.2) is 0 Å². The molecule has 1 heterocycles. The molecule has 0 bridgehead atoms. The van der Waals surface area contributed by atoms with E-state index in [0.29, 0.717) is 0 Å². The van der Waals surface area contributed by atoms with Gasteiger partial charge < -0.3 is 20.4 Å². The molecule has 35 heavy (non-hydrogen) atoms. The van der Waals surface area contributed by atoms with E-state index in [1.807, 2.05) is 0 Å². The number of rotatable bonds is 12. The van der Waals surface area contributed by atoms with Crippen LogP contribution in [-0.4, -0.2) is 148 Å². The molecular weight excluding hydrogens is 464 g/mol. The summed E-state index contributed by atoms with van der Waals surface area (Å²) in [5, 5.41) is 37.7. The maximum atomic E-state index is 12.1. The maximum Gasteiger partial charge on any atom is 0.320 e. The van der Waals surface area contributed by atoms with Crippen LogP contribution in [0.4, 0.5) is 0 Å². The van der Waals surface area contributed by atoms with Gasteiger partial charge >= 0.3 is 23.9 Å². The van der Waals surface area contributed by atoms with E-state index >= 15 is 0 Å². The summed E-state index contributed by atoms with van der Waals surface area (Å²) in [5.41, 5.74) is 0. The second-order valence-corrected chi connectivity index (χ2v) is 9.06.